The Morgan fingerprint density at radius 1 is 0.500 bits per heavy atom. The van der Waals surface area contributed by atoms with E-state index in [4.69, 9.17) is 14.4 Å². The summed E-state index contributed by atoms with van der Waals surface area (Å²) in [5.41, 5.74) is 12.3. The van der Waals surface area contributed by atoms with E-state index in [0.717, 1.165) is 72.5 Å². The summed E-state index contributed by atoms with van der Waals surface area (Å²) in [7, 11) is 0. The van der Waals surface area contributed by atoms with Gasteiger partial charge in [-0.3, -0.25) is 0 Å². The molecular weight excluding hydrogens is 659 g/mol. The van der Waals surface area contributed by atoms with Crippen LogP contribution in [0.4, 0.5) is 11.4 Å². The monoisotopic (exact) mass is 693 g/mol. The lowest BCUT2D eigenvalue weighted by atomic mass is 9.83. The Hall–Kier alpha value is -7.04. The third-order valence-corrected chi connectivity index (χ3v) is 10.5. The van der Waals surface area contributed by atoms with Gasteiger partial charge in [-0.25, -0.2) is 9.97 Å². The highest BCUT2D eigenvalue weighted by Gasteiger charge is 2.30. The van der Waals surface area contributed by atoms with Crippen LogP contribution in [0.1, 0.15) is 0 Å². The molecule has 2 unspecified atom stereocenters. The molecule has 0 bridgehead atoms. The molecule has 0 saturated carbocycles. The Morgan fingerprint density at radius 2 is 1.20 bits per heavy atom. The summed E-state index contributed by atoms with van der Waals surface area (Å²) in [4.78, 5) is 12.6. The van der Waals surface area contributed by atoms with Gasteiger partial charge in [0.1, 0.15) is 11.2 Å². The molecule has 0 spiro atoms. The summed E-state index contributed by atoms with van der Waals surface area (Å²) >= 11 is 0. The number of benzene rings is 6. The van der Waals surface area contributed by atoms with Crippen LogP contribution < -0.4 is 4.90 Å². The first-order valence-corrected chi connectivity index (χ1v) is 18.4. The summed E-state index contributed by atoms with van der Waals surface area (Å²) in [6, 6.07) is 55.1. The number of para-hydroxylation sites is 1. The number of rotatable bonds is 7. The highest BCUT2D eigenvalue weighted by molar-refractivity contribution is 6.13. The standard InChI is InChI=1S/C50H35N3O/c1-4-16-35(17-5-1)44-33-45(52-50(51-44)36-18-6-2-7-19-36)42-26-14-28-47-49(42)43-30-29-38(32-48(43)54-47)37-21-12-24-40(31-37)53(39-22-8-3-9-23-39)46-27-13-20-34-15-10-11-25-41(34)46/h1-33,41,46H. The van der Waals surface area contributed by atoms with Gasteiger partial charge in [0.15, 0.2) is 5.82 Å². The van der Waals surface area contributed by atoms with Gasteiger partial charge in [0, 0.05) is 44.8 Å². The van der Waals surface area contributed by atoms with Crippen LogP contribution >= 0.6 is 0 Å². The maximum atomic E-state index is 6.62. The minimum absolute atomic E-state index is 0.131. The molecule has 2 heterocycles. The second-order valence-electron chi connectivity index (χ2n) is 13.8. The molecule has 10 rings (SSSR count). The Bertz CT molecular complexity index is 2720. The Labute approximate surface area is 314 Å². The fourth-order valence-corrected chi connectivity index (χ4v) is 7.89. The Kier molecular flexibility index (Phi) is 7.92. The average molecular weight is 694 g/mol. The molecule has 54 heavy (non-hydrogen) atoms. The zero-order chi connectivity index (χ0) is 35.8. The highest BCUT2D eigenvalue weighted by Crippen LogP contribution is 2.41. The molecule has 2 aliphatic rings. The second kappa shape index (κ2) is 13.5. The van der Waals surface area contributed by atoms with Gasteiger partial charge in [-0.1, -0.05) is 152 Å². The summed E-state index contributed by atoms with van der Waals surface area (Å²) < 4.78 is 6.62. The van der Waals surface area contributed by atoms with Crippen molar-refractivity contribution in [3.05, 3.63) is 206 Å². The molecule has 2 atom stereocenters. The van der Waals surface area contributed by atoms with E-state index in [1.807, 2.05) is 48.5 Å². The number of nitrogens with zero attached hydrogens (tertiary/aromatic N) is 3. The topological polar surface area (TPSA) is 42.2 Å². The molecule has 0 saturated heterocycles. The molecule has 8 aromatic rings. The van der Waals surface area contributed by atoms with Crippen molar-refractivity contribution in [2.45, 2.75) is 6.04 Å². The van der Waals surface area contributed by atoms with Gasteiger partial charge < -0.3 is 9.32 Å². The molecule has 4 nitrogen and oxygen atoms in total. The van der Waals surface area contributed by atoms with Gasteiger partial charge in [-0.15, -0.1) is 0 Å². The predicted octanol–water partition coefficient (Wildman–Crippen LogP) is 12.8. The number of hydrogen-bond donors (Lipinski definition) is 0. The van der Waals surface area contributed by atoms with Gasteiger partial charge in [0.2, 0.25) is 0 Å². The zero-order valence-electron chi connectivity index (χ0n) is 29.5. The minimum atomic E-state index is 0.131. The van der Waals surface area contributed by atoms with Crippen LogP contribution in [0.15, 0.2) is 210 Å². The summed E-state index contributed by atoms with van der Waals surface area (Å²) in [5.74, 6) is 0.947. The first-order chi connectivity index (χ1) is 26.8. The molecule has 4 heteroatoms. The van der Waals surface area contributed by atoms with E-state index in [2.05, 4.69) is 157 Å². The predicted molar refractivity (Wildman–Crippen MR) is 222 cm³/mol. The third-order valence-electron chi connectivity index (χ3n) is 10.5. The number of allylic oxidation sites excluding steroid dienone is 5. The maximum Gasteiger partial charge on any atom is 0.160 e. The van der Waals surface area contributed by atoms with Gasteiger partial charge in [-0.05, 0) is 65.2 Å². The molecule has 2 aliphatic carbocycles. The summed E-state index contributed by atoms with van der Waals surface area (Å²) in [5, 5.41) is 2.10. The van der Waals surface area contributed by atoms with Crippen LogP contribution in [-0.4, -0.2) is 16.0 Å². The maximum absolute atomic E-state index is 6.62. The van der Waals surface area contributed by atoms with Crippen molar-refractivity contribution in [1.82, 2.24) is 9.97 Å². The molecule has 256 valence electrons. The number of fused-ring (bicyclic) bond motifs is 4. The number of furan rings is 1. The fraction of sp³-hybridized carbons (Fsp3) is 0.0400. The molecule has 0 aliphatic heterocycles. The first kappa shape index (κ1) is 31.7. The van der Waals surface area contributed by atoms with Gasteiger partial charge in [0.05, 0.1) is 17.4 Å². The molecule has 2 aromatic heterocycles. The highest BCUT2D eigenvalue weighted by atomic mass is 16.3. The fourth-order valence-electron chi connectivity index (χ4n) is 7.89. The molecule has 0 N–H and O–H groups in total. The largest absolute Gasteiger partial charge is 0.456 e. The number of aromatic nitrogens is 2. The van der Waals surface area contributed by atoms with Crippen LogP contribution in [0, 0.1) is 5.92 Å². The van der Waals surface area contributed by atoms with Gasteiger partial charge >= 0.3 is 0 Å². The van der Waals surface area contributed by atoms with Crippen molar-refractivity contribution in [2.24, 2.45) is 5.92 Å². The van der Waals surface area contributed by atoms with Gasteiger partial charge in [0.25, 0.3) is 0 Å². The first-order valence-electron chi connectivity index (χ1n) is 18.4. The van der Waals surface area contributed by atoms with E-state index in [1.165, 1.54) is 5.57 Å². The molecule has 0 radical (unpaired) electrons. The van der Waals surface area contributed by atoms with Crippen molar-refractivity contribution in [3.8, 4) is 45.0 Å². The van der Waals surface area contributed by atoms with Crippen LogP contribution in [0.25, 0.3) is 67.0 Å². The molecular formula is C50H35N3O. The van der Waals surface area contributed by atoms with Crippen molar-refractivity contribution >= 4 is 33.3 Å². The van der Waals surface area contributed by atoms with E-state index in [0.29, 0.717) is 5.82 Å². The SMILES string of the molecule is C1=CC2=CC=CC(N(c3ccccc3)c3cccc(-c4ccc5c(c4)oc4cccc(-c6cc(-c7ccccc7)nc(-c7ccccc7)n6)c45)c3)C2C=C1. The van der Waals surface area contributed by atoms with Crippen molar-refractivity contribution < 1.29 is 4.42 Å². The summed E-state index contributed by atoms with van der Waals surface area (Å²) in [6.45, 7) is 0. The lowest BCUT2D eigenvalue weighted by molar-refractivity contribution is 0.640. The third kappa shape index (κ3) is 5.75. The van der Waals surface area contributed by atoms with E-state index in [-0.39, 0.29) is 12.0 Å². The molecule has 0 fully saturated rings. The minimum Gasteiger partial charge on any atom is -0.456 e. The lowest BCUT2D eigenvalue weighted by Gasteiger charge is -2.38. The number of hydrogen-bond acceptors (Lipinski definition) is 4. The quantitative estimate of drug-likeness (QED) is 0.167. The normalized spacial score (nSPS) is 16.0. The zero-order valence-corrected chi connectivity index (χ0v) is 29.5. The van der Waals surface area contributed by atoms with Crippen LogP contribution in [-0.2, 0) is 0 Å². The van der Waals surface area contributed by atoms with Crippen LogP contribution in [0.3, 0.4) is 0 Å². The average Bonchev–Trinajstić information content (AvgIpc) is 3.63. The van der Waals surface area contributed by atoms with E-state index < -0.39 is 0 Å². The lowest BCUT2D eigenvalue weighted by Crippen LogP contribution is -2.37. The van der Waals surface area contributed by atoms with Gasteiger partial charge in [-0.2, -0.15) is 0 Å². The summed E-state index contributed by atoms with van der Waals surface area (Å²) in [6.07, 6.45) is 15.6. The molecule has 0 amide bonds. The van der Waals surface area contributed by atoms with E-state index >= 15 is 0 Å². The van der Waals surface area contributed by atoms with Crippen LogP contribution in [0.2, 0.25) is 0 Å². The Balaban J connectivity index is 1.07. The smallest absolute Gasteiger partial charge is 0.160 e. The van der Waals surface area contributed by atoms with Crippen LogP contribution in [0.5, 0.6) is 0 Å². The van der Waals surface area contributed by atoms with E-state index in [9.17, 15) is 0 Å². The molecule has 6 aromatic carbocycles. The van der Waals surface area contributed by atoms with Crippen molar-refractivity contribution in [2.75, 3.05) is 4.90 Å². The second-order valence-corrected chi connectivity index (χ2v) is 13.8. The van der Waals surface area contributed by atoms with E-state index in [1.54, 1.807) is 0 Å². The van der Waals surface area contributed by atoms with Crippen molar-refractivity contribution in [3.63, 3.8) is 0 Å². The Morgan fingerprint density at radius 3 is 2.04 bits per heavy atom. The number of anilines is 2. The van der Waals surface area contributed by atoms with Crippen molar-refractivity contribution in [1.29, 1.82) is 0 Å².